The van der Waals surface area contributed by atoms with Gasteiger partial charge in [0.1, 0.15) is 12.3 Å². The molecule has 7 nitrogen and oxygen atoms in total. The Balaban J connectivity index is 1.90. The van der Waals surface area contributed by atoms with E-state index in [-0.39, 0.29) is 40.1 Å². The lowest BCUT2D eigenvalue weighted by atomic mass is 10.2. The van der Waals surface area contributed by atoms with Crippen LogP contribution < -0.4 is 5.32 Å². The number of anilines is 1. The highest BCUT2D eigenvalue weighted by Crippen LogP contribution is 2.34. The number of nitrogens with zero attached hydrogens (tertiary/aromatic N) is 2. The van der Waals surface area contributed by atoms with Gasteiger partial charge in [0.2, 0.25) is 11.8 Å². The third kappa shape index (κ3) is 6.45. The molecule has 0 fully saturated rings. The van der Waals surface area contributed by atoms with Gasteiger partial charge in [0.15, 0.2) is 9.84 Å². The van der Waals surface area contributed by atoms with Crippen molar-refractivity contribution >= 4 is 49.8 Å². The number of carbonyl (C=O) groups excluding carboxylic acids is 2. The Morgan fingerprint density at radius 1 is 1.05 bits per heavy atom. The van der Waals surface area contributed by atoms with E-state index in [2.05, 4.69) is 5.32 Å². The summed E-state index contributed by atoms with van der Waals surface area (Å²) in [5.41, 5.74) is -0.907. The lowest BCUT2D eigenvalue weighted by molar-refractivity contribution is -0.137. The van der Waals surface area contributed by atoms with Crippen LogP contribution in [-0.4, -0.2) is 47.5 Å². The molecule has 1 heterocycles. The predicted molar refractivity (Wildman–Crippen MR) is 136 cm³/mol. The first-order chi connectivity index (χ1) is 17.1. The summed E-state index contributed by atoms with van der Waals surface area (Å²) in [5, 5.41) is 2.31. The molecular formula is C25H27ClF3N3O4S. The lowest BCUT2D eigenvalue weighted by Crippen LogP contribution is -2.43. The van der Waals surface area contributed by atoms with Gasteiger partial charge in [0.05, 0.1) is 21.2 Å². The Bertz CT molecular complexity index is 1420. The number of amides is 2. The van der Waals surface area contributed by atoms with Gasteiger partial charge in [-0.1, -0.05) is 29.8 Å². The number of aromatic nitrogens is 1. The molecule has 37 heavy (non-hydrogen) atoms. The molecule has 1 aromatic heterocycles. The molecule has 0 radical (unpaired) electrons. The number of hydrogen-bond donors (Lipinski definition) is 1. The molecule has 0 aliphatic carbocycles. The molecule has 0 saturated carbocycles. The molecule has 12 heteroatoms. The van der Waals surface area contributed by atoms with Crippen molar-refractivity contribution < 1.29 is 31.2 Å². The lowest BCUT2D eigenvalue weighted by Gasteiger charge is -2.31. The maximum absolute atomic E-state index is 13.2. The van der Waals surface area contributed by atoms with E-state index in [0.29, 0.717) is 17.0 Å². The van der Waals surface area contributed by atoms with Crippen LogP contribution in [0, 0.1) is 0 Å². The van der Waals surface area contributed by atoms with E-state index in [1.807, 2.05) is 27.7 Å². The topological polar surface area (TPSA) is 88.5 Å². The third-order valence-electron chi connectivity index (χ3n) is 5.68. The minimum Gasteiger partial charge on any atom is -0.337 e. The number of carbonyl (C=O) groups is 2. The molecule has 0 aliphatic heterocycles. The van der Waals surface area contributed by atoms with Crippen molar-refractivity contribution in [3.8, 4) is 0 Å². The van der Waals surface area contributed by atoms with E-state index in [0.717, 1.165) is 12.1 Å². The number of sulfone groups is 1. The third-order valence-corrected chi connectivity index (χ3v) is 7.65. The van der Waals surface area contributed by atoms with Crippen molar-refractivity contribution in [1.29, 1.82) is 0 Å². The normalized spacial score (nSPS) is 12.4. The number of rotatable bonds is 8. The predicted octanol–water partition coefficient (Wildman–Crippen LogP) is 5.37. The van der Waals surface area contributed by atoms with Crippen LogP contribution in [0.4, 0.5) is 18.9 Å². The maximum Gasteiger partial charge on any atom is 0.416 e. The Hall–Kier alpha value is -3.05. The number of benzene rings is 2. The zero-order valence-corrected chi connectivity index (χ0v) is 22.2. The number of hydrogen-bond acceptors (Lipinski definition) is 4. The van der Waals surface area contributed by atoms with Gasteiger partial charge in [-0.15, -0.1) is 0 Å². The standard InChI is InChI=1S/C25H27ClF3N3O4S/c1-15(2)32(16(3)4)24(34)13-31-12-22(18-7-5-6-8-21(18)31)37(35,36)14-23(33)30-20-11-17(25(27,28)29)9-10-19(20)26/h5-12,15-16H,13-14H2,1-4H3,(H,30,33). The van der Waals surface area contributed by atoms with Crippen molar-refractivity contribution in [3.63, 3.8) is 0 Å². The summed E-state index contributed by atoms with van der Waals surface area (Å²) in [5.74, 6) is -2.29. The molecule has 0 unspecified atom stereocenters. The van der Waals surface area contributed by atoms with E-state index < -0.39 is 33.2 Å². The SMILES string of the molecule is CC(C)N(C(=O)Cn1cc(S(=O)(=O)CC(=O)Nc2cc(C(F)(F)F)ccc2Cl)c2ccccc21)C(C)C. The fraction of sp³-hybridized carbons (Fsp3) is 0.360. The number of fused-ring (bicyclic) bond motifs is 1. The van der Waals surface area contributed by atoms with Crippen LogP contribution in [0.15, 0.2) is 53.6 Å². The minimum absolute atomic E-state index is 0.0658. The molecule has 2 aromatic carbocycles. The average Bonchev–Trinajstić information content (AvgIpc) is 3.13. The average molecular weight is 558 g/mol. The Labute approximate surface area is 218 Å². The molecule has 0 aliphatic rings. The fourth-order valence-electron chi connectivity index (χ4n) is 4.23. The highest BCUT2D eigenvalue weighted by atomic mass is 35.5. The van der Waals surface area contributed by atoms with Gasteiger partial charge < -0.3 is 14.8 Å². The van der Waals surface area contributed by atoms with Crippen molar-refractivity contribution in [2.75, 3.05) is 11.1 Å². The summed E-state index contributed by atoms with van der Waals surface area (Å²) in [6.07, 6.45) is -3.36. The second kappa shape index (κ2) is 10.7. The van der Waals surface area contributed by atoms with Gasteiger partial charge in [0.25, 0.3) is 0 Å². The Morgan fingerprint density at radius 2 is 1.68 bits per heavy atom. The number of halogens is 4. The monoisotopic (exact) mass is 557 g/mol. The van der Waals surface area contributed by atoms with Crippen molar-refractivity contribution in [3.05, 3.63) is 59.2 Å². The maximum atomic E-state index is 13.2. The van der Waals surface area contributed by atoms with Crippen LogP contribution in [0.2, 0.25) is 5.02 Å². The number of nitrogens with one attached hydrogen (secondary N) is 1. The Morgan fingerprint density at radius 3 is 2.27 bits per heavy atom. The Kier molecular flexibility index (Phi) is 8.28. The second-order valence-corrected chi connectivity index (χ2v) is 11.5. The fourth-order valence-corrected chi connectivity index (χ4v) is 5.76. The van der Waals surface area contributed by atoms with Crippen LogP contribution in [-0.2, 0) is 32.1 Å². The number of para-hydroxylation sites is 1. The van der Waals surface area contributed by atoms with Crippen LogP contribution in [0.25, 0.3) is 10.9 Å². The van der Waals surface area contributed by atoms with Gasteiger partial charge in [0, 0.05) is 29.2 Å². The van der Waals surface area contributed by atoms with Gasteiger partial charge in [-0.3, -0.25) is 9.59 Å². The molecular weight excluding hydrogens is 531 g/mol. The molecule has 200 valence electrons. The zero-order chi connectivity index (χ0) is 27.7. The smallest absolute Gasteiger partial charge is 0.337 e. The van der Waals surface area contributed by atoms with E-state index in [9.17, 15) is 31.2 Å². The first-order valence-electron chi connectivity index (χ1n) is 11.4. The summed E-state index contributed by atoms with van der Waals surface area (Å²) < 4.78 is 67.1. The minimum atomic E-state index is -4.67. The van der Waals surface area contributed by atoms with Crippen molar-refractivity contribution in [2.24, 2.45) is 0 Å². The molecule has 3 rings (SSSR count). The first kappa shape index (κ1) is 28.5. The van der Waals surface area contributed by atoms with Crippen molar-refractivity contribution in [2.45, 2.75) is 57.4 Å². The highest BCUT2D eigenvalue weighted by Gasteiger charge is 2.32. The van der Waals surface area contributed by atoms with Gasteiger partial charge in [-0.2, -0.15) is 13.2 Å². The molecule has 0 atom stereocenters. The molecule has 1 N–H and O–H groups in total. The quantitative estimate of drug-likeness (QED) is 0.403. The van der Waals surface area contributed by atoms with Crippen LogP contribution in [0.1, 0.15) is 33.3 Å². The van der Waals surface area contributed by atoms with Gasteiger partial charge in [-0.25, -0.2) is 8.42 Å². The van der Waals surface area contributed by atoms with E-state index >= 15 is 0 Å². The second-order valence-electron chi connectivity index (χ2n) is 9.13. The van der Waals surface area contributed by atoms with Crippen LogP contribution in [0.3, 0.4) is 0 Å². The van der Waals surface area contributed by atoms with E-state index in [1.54, 1.807) is 29.2 Å². The zero-order valence-electron chi connectivity index (χ0n) is 20.6. The summed E-state index contributed by atoms with van der Waals surface area (Å²) in [7, 11) is -4.25. The van der Waals surface area contributed by atoms with Crippen LogP contribution in [0.5, 0.6) is 0 Å². The van der Waals surface area contributed by atoms with Gasteiger partial charge in [-0.05, 0) is 52.0 Å². The van der Waals surface area contributed by atoms with Crippen molar-refractivity contribution in [1.82, 2.24) is 9.47 Å². The molecule has 3 aromatic rings. The molecule has 0 saturated heterocycles. The first-order valence-corrected chi connectivity index (χ1v) is 13.4. The van der Waals surface area contributed by atoms with E-state index in [4.69, 9.17) is 11.6 Å². The largest absolute Gasteiger partial charge is 0.416 e. The van der Waals surface area contributed by atoms with E-state index in [1.165, 1.54) is 10.8 Å². The highest BCUT2D eigenvalue weighted by molar-refractivity contribution is 7.92. The number of alkyl halides is 3. The van der Waals surface area contributed by atoms with Gasteiger partial charge >= 0.3 is 6.18 Å². The molecule has 0 spiro atoms. The summed E-state index contributed by atoms with van der Waals surface area (Å²) >= 11 is 5.91. The molecule has 0 bridgehead atoms. The summed E-state index contributed by atoms with van der Waals surface area (Å²) in [4.78, 5) is 27.1. The summed E-state index contributed by atoms with van der Waals surface area (Å²) in [6.45, 7) is 7.43. The molecule has 2 amide bonds. The summed E-state index contributed by atoms with van der Waals surface area (Å²) in [6, 6.07) is 8.79. The van der Waals surface area contributed by atoms with Crippen LogP contribution >= 0.6 is 11.6 Å².